The summed E-state index contributed by atoms with van der Waals surface area (Å²) in [7, 11) is 0. The zero-order chi connectivity index (χ0) is 13.8. The van der Waals surface area contributed by atoms with Gasteiger partial charge in [0.05, 0.1) is 5.69 Å². The maximum Gasteiger partial charge on any atom is 0.203 e. The number of likely N-dealkylation sites (tertiary alicyclic amines) is 1. The fraction of sp³-hybridized carbons (Fsp3) is 0.800. The molecule has 0 saturated carbocycles. The number of piperidine rings is 1. The molecule has 0 aliphatic carbocycles. The van der Waals surface area contributed by atoms with Gasteiger partial charge in [0.1, 0.15) is 0 Å². The molecule has 2 heterocycles. The van der Waals surface area contributed by atoms with Gasteiger partial charge in [-0.15, -0.1) is 0 Å². The second-order valence-electron chi connectivity index (χ2n) is 6.03. The summed E-state index contributed by atoms with van der Waals surface area (Å²) in [4.78, 5) is 7.17. The number of imidazole rings is 1. The lowest BCUT2D eigenvalue weighted by molar-refractivity contribution is 0.180. The molecule has 1 atom stereocenters. The number of hydrogen-bond donors (Lipinski definition) is 1. The van der Waals surface area contributed by atoms with Crippen molar-refractivity contribution in [3.63, 3.8) is 0 Å². The summed E-state index contributed by atoms with van der Waals surface area (Å²) in [6.45, 7) is 12.2. The van der Waals surface area contributed by atoms with Crippen molar-refractivity contribution in [1.29, 1.82) is 0 Å². The van der Waals surface area contributed by atoms with Crippen LogP contribution in [0.25, 0.3) is 0 Å². The summed E-state index contributed by atoms with van der Waals surface area (Å²) in [5.74, 6) is 1.01. The first-order valence-corrected chi connectivity index (χ1v) is 7.61. The third-order valence-corrected chi connectivity index (χ3v) is 3.98. The Kier molecular flexibility index (Phi) is 4.86. The van der Waals surface area contributed by atoms with Crippen LogP contribution < -0.4 is 5.32 Å². The Labute approximate surface area is 117 Å². The molecule has 1 N–H and O–H groups in total. The minimum absolute atomic E-state index is 0.453. The topological polar surface area (TPSA) is 33.1 Å². The highest BCUT2D eigenvalue weighted by molar-refractivity contribution is 5.29. The lowest BCUT2D eigenvalue weighted by Crippen LogP contribution is -2.41. The highest BCUT2D eigenvalue weighted by Crippen LogP contribution is 2.16. The molecule has 0 amide bonds. The first-order chi connectivity index (χ1) is 9.08. The van der Waals surface area contributed by atoms with Gasteiger partial charge in [-0.3, -0.25) is 4.90 Å². The molecule has 1 aliphatic rings. The molecule has 1 aromatic heterocycles. The van der Waals surface area contributed by atoms with E-state index in [0.29, 0.717) is 12.1 Å². The number of rotatable bonds is 5. The molecule has 4 nitrogen and oxygen atoms in total. The third kappa shape index (κ3) is 3.72. The van der Waals surface area contributed by atoms with Crippen molar-refractivity contribution in [3.05, 3.63) is 11.9 Å². The van der Waals surface area contributed by atoms with Gasteiger partial charge in [0.15, 0.2) is 0 Å². The lowest BCUT2D eigenvalue weighted by atomic mass is 10.1. The number of anilines is 1. The van der Waals surface area contributed by atoms with E-state index in [4.69, 9.17) is 0 Å². The van der Waals surface area contributed by atoms with Crippen LogP contribution in [0.15, 0.2) is 6.20 Å². The van der Waals surface area contributed by atoms with Crippen LogP contribution in [0.1, 0.15) is 51.8 Å². The molecule has 1 aliphatic heterocycles. The molecule has 2 rings (SSSR count). The van der Waals surface area contributed by atoms with E-state index >= 15 is 0 Å². The fourth-order valence-electron chi connectivity index (χ4n) is 2.77. The van der Waals surface area contributed by atoms with Crippen LogP contribution in [0.3, 0.4) is 0 Å². The molecule has 0 radical (unpaired) electrons. The molecular formula is C15H28N4. The van der Waals surface area contributed by atoms with Crippen LogP contribution in [0.4, 0.5) is 5.95 Å². The van der Waals surface area contributed by atoms with Gasteiger partial charge in [-0.2, -0.15) is 0 Å². The zero-order valence-corrected chi connectivity index (χ0v) is 12.8. The number of aromatic nitrogens is 2. The van der Waals surface area contributed by atoms with Gasteiger partial charge in [0, 0.05) is 24.8 Å². The van der Waals surface area contributed by atoms with Gasteiger partial charge >= 0.3 is 0 Å². The second-order valence-corrected chi connectivity index (χ2v) is 6.03. The van der Waals surface area contributed by atoms with E-state index < -0.39 is 0 Å². The van der Waals surface area contributed by atoms with E-state index in [0.717, 1.165) is 18.2 Å². The van der Waals surface area contributed by atoms with E-state index in [1.165, 1.54) is 32.4 Å². The zero-order valence-electron chi connectivity index (χ0n) is 12.8. The summed E-state index contributed by atoms with van der Waals surface area (Å²) in [6, 6.07) is 1.03. The highest BCUT2D eigenvalue weighted by Gasteiger charge is 2.17. The van der Waals surface area contributed by atoms with Crippen LogP contribution in [-0.2, 0) is 0 Å². The molecular weight excluding hydrogens is 236 g/mol. The summed E-state index contributed by atoms with van der Waals surface area (Å²) in [5.41, 5.74) is 1.09. The summed E-state index contributed by atoms with van der Waals surface area (Å²) < 4.78 is 2.22. The van der Waals surface area contributed by atoms with Crippen LogP contribution >= 0.6 is 0 Å². The third-order valence-electron chi connectivity index (χ3n) is 3.98. The van der Waals surface area contributed by atoms with Gasteiger partial charge in [-0.1, -0.05) is 6.42 Å². The quantitative estimate of drug-likeness (QED) is 0.887. The number of aryl methyl sites for hydroxylation is 1. The molecule has 0 bridgehead atoms. The fourth-order valence-corrected chi connectivity index (χ4v) is 2.77. The molecule has 1 fully saturated rings. The molecule has 1 saturated heterocycles. The van der Waals surface area contributed by atoms with Gasteiger partial charge < -0.3 is 9.88 Å². The predicted octanol–water partition coefficient (Wildman–Crippen LogP) is 3.06. The minimum atomic E-state index is 0.453. The van der Waals surface area contributed by atoms with E-state index in [1.54, 1.807) is 0 Å². The van der Waals surface area contributed by atoms with Crippen LogP contribution in [0, 0.1) is 6.92 Å². The van der Waals surface area contributed by atoms with Gasteiger partial charge in [-0.05, 0) is 53.6 Å². The molecule has 4 heteroatoms. The minimum Gasteiger partial charge on any atom is -0.354 e. The van der Waals surface area contributed by atoms with E-state index in [-0.39, 0.29) is 0 Å². The van der Waals surface area contributed by atoms with E-state index in [1.807, 2.05) is 0 Å². The Balaban J connectivity index is 1.90. The predicted molar refractivity (Wildman–Crippen MR) is 80.7 cm³/mol. The van der Waals surface area contributed by atoms with Crippen LogP contribution in [0.5, 0.6) is 0 Å². The smallest absolute Gasteiger partial charge is 0.203 e. The van der Waals surface area contributed by atoms with Crippen molar-refractivity contribution in [2.24, 2.45) is 0 Å². The molecule has 0 spiro atoms. The van der Waals surface area contributed by atoms with Gasteiger partial charge in [-0.25, -0.2) is 4.98 Å². The number of hydrogen-bond acceptors (Lipinski definition) is 3. The summed E-state index contributed by atoms with van der Waals surface area (Å²) in [6.07, 6.45) is 6.22. The average molecular weight is 264 g/mol. The van der Waals surface area contributed by atoms with Gasteiger partial charge in [0.2, 0.25) is 5.95 Å². The SMILES string of the molecule is Cc1cn(C(C)C)c(NCC(C)N2CCCCC2)n1. The van der Waals surface area contributed by atoms with Crippen molar-refractivity contribution in [1.82, 2.24) is 14.5 Å². The summed E-state index contributed by atoms with van der Waals surface area (Å²) in [5, 5.41) is 3.52. The maximum absolute atomic E-state index is 4.58. The maximum atomic E-state index is 4.58. The van der Waals surface area contributed by atoms with Crippen LogP contribution in [0.2, 0.25) is 0 Å². The molecule has 19 heavy (non-hydrogen) atoms. The first kappa shape index (κ1) is 14.4. The highest BCUT2D eigenvalue weighted by atomic mass is 15.2. The Morgan fingerprint density at radius 3 is 2.53 bits per heavy atom. The van der Waals surface area contributed by atoms with Crippen molar-refractivity contribution in [2.75, 3.05) is 25.0 Å². The van der Waals surface area contributed by atoms with Crippen molar-refractivity contribution in [2.45, 2.75) is 59.0 Å². The monoisotopic (exact) mass is 264 g/mol. The molecule has 1 aromatic rings. The number of nitrogens with one attached hydrogen (secondary N) is 1. The molecule has 108 valence electrons. The Bertz CT molecular complexity index is 391. The summed E-state index contributed by atoms with van der Waals surface area (Å²) >= 11 is 0. The van der Waals surface area contributed by atoms with Crippen molar-refractivity contribution in [3.8, 4) is 0 Å². The van der Waals surface area contributed by atoms with Gasteiger partial charge in [0.25, 0.3) is 0 Å². The standard InChI is InChI=1S/C15H28N4/c1-12(2)19-11-13(3)17-15(19)16-10-14(4)18-8-6-5-7-9-18/h11-12,14H,5-10H2,1-4H3,(H,16,17). The molecule has 1 unspecified atom stereocenters. The Hall–Kier alpha value is -1.03. The Morgan fingerprint density at radius 2 is 1.89 bits per heavy atom. The van der Waals surface area contributed by atoms with Crippen LogP contribution in [-0.4, -0.2) is 40.1 Å². The molecule has 0 aromatic carbocycles. The Morgan fingerprint density at radius 1 is 1.21 bits per heavy atom. The van der Waals surface area contributed by atoms with E-state index in [9.17, 15) is 0 Å². The van der Waals surface area contributed by atoms with E-state index in [2.05, 4.69) is 53.7 Å². The second kappa shape index (κ2) is 6.42. The first-order valence-electron chi connectivity index (χ1n) is 7.61. The van der Waals surface area contributed by atoms with Crippen molar-refractivity contribution < 1.29 is 0 Å². The average Bonchev–Trinajstić information content (AvgIpc) is 2.78. The van der Waals surface area contributed by atoms with Crippen molar-refractivity contribution >= 4 is 5.95 Å². The lowest BCUT2D eigenvalue weighted by Gasteiger charge is -2.32. The largest absolute Gasteiger partial charge is 0.354 e. The normalized spacial score (nSPS) is 18.8. The number of nitrogens with zero attached hydrogens (tertiary/aromatic N) is 3.